The lowest BCUT2D eigenvalue weighted by Gasteiger charge is -2.40. The van der Waals surface area contributed by atoms with Crippen molar-refractivity contribution in [2.75, 3.05) is 45.9 Å². The van der Waals surface area contributed by atoms with Crippen molar-refractivity contribution in [3.05, 3.63) is 65.5 Å². The van der Waals surface area contributed by atoms with Gasteiger partial charge < -0.3 is 10.1 Å². The van der Waals surface area contributed by atoms with Gasteiger partial charge in [0, 0.05) is 58.2 Å². The predicted octanol–water partition coefficient (Wildman–Crippen LogP) is 2.48. The Bertz CT molecular complexity index is 821. The normalized spacial score (nSPS) is 22.9. The van der Waals surface area contributed by atoms with E-state index in [1.54, 1.807) is 0 Å². The number of nitrogens with one attached hydrogen (secondary N) is 1. The third-order valence-electron chi connectivity index (χ3n) is 6.35. The zero-order chi connectivity index (χ0) is 21.5. The van der Waals surface area contributed by atoms with Gasteiger partial charge in [-0.25, -0.2) is 0 Å². The fourth-order valence-electron chi connectivity index (χ4n) is 4.69. The summed E-state index contributed by atoms with van der Waals surface area (Å²) in [6.07, 6.45) is 4.64. The molecule has 31 heavy (non-hydrogen) atoms. The van der Waals surface area contributed by atoms with Crippen LogP contribution in [0.15, 0.2) is 48.8 Å². The van der Waals surface area contributed by atoms with Gasteiger partial charge in [0.05, 0.1) is 19.1 Å². The number of rotatable bonds is 7. The molecule has 2 saturated heterocycles. The average Bonchev–Trinajstić information content (AvgIpc) is 2.80. The van der Waals surface area contributed by atoms with Gasteiger partial charge in [0.1, 0.15) is 0 Å². The van der Waals surface area contributed by atoms with Crippen molar-refractivity contribution < 1.29 is 9.53 Å². The van der Waals surface area contributed by atoms with E-state index in [1.165, 1.54) is 11.1 Å². The Balaban J connectivity index is 1.38. The number of piperidine rings is 1. The van der Waals surface area contributed by atoms with Crippen molar-refractivity contribution in [3.8, 4) is 0 Å². The maximum absolute atomic E-state index is 13.1. The van der Waals surface area contributed by atoms with Crippen LogP contribution < -0.4 is 5.32 Å². The van der Waals surface area contributed by atoms with Crippen LogP contribution in [-0.2, 0) is 22.6 Å². The van der Waals surface area contributed by atoms with E-state index < -0.39 is 0 Å². The Kier molecular flexibility index (Phi) is 7.67. The Hall–Kier alpha value is -2.28. The van der Waals surface area contributed by atoms with Crippen LogP contribution in [0.1, 0.15) is 23.1 Å². The second-order valence-electron chi connectivity index (χ2n) is 8.96. The number of nitrogens with zero attached hydrogens (tertiary/aromatic N) is 3. The van der Waals surface area contributed by atoms with Crippen molar-refractivity contribution >= 4 is 5.91 Å². The van der Waals surface area contributed by atoms with Gasteiger partial charge in [-0.3, -0.25) is 19.6 Å². The Morgan fingerprint density at radius 2 is 1.77 bits per heavy atom. The topological polar surface area (TPSA) is 57.7 Å². The molecule has 0 saturated carbocycles. The van der Waals surface area contributed by atoms with E-state index in [0.29, 0.717) is 12.5 Å². The van der Waals surface area contributed by atoms with Crippen LogP contribution in [0.4, 0.5) is 0 Å². The van der Waals surface area contributed by atoms with E-state index in [2.05, 4.69) is 63.4 Å². The van der Waals surface area contributed by atoms with Gasteiger partial charge in [-0.05, 0) is 42.5 Å². The number of likely N-dealkylation sites (tertiary alicyclic amines) is 1. The van der Waals surface area contributed by atoms with Crippen molar-refractivity contribution in [1.82, 2.24) is 20.1 Å². The number of aryl methyl sites for hydroxylation is 1. The first-order valence-corrected chi connectivity index (χ1v) is 11.4. The number of benzene rings is 1. The summed E-state index contributed by atoms with van der Waals surface area (Å²) < 4.78 is 5.51. The molecule has 2 atom stereocenters. The third-order valence-corrected chi connectivity index (χ3v) is 6.35. The maximum atomic E-state index is 13.1. The molecule has 6 heteroatoms. The lowest BCUT2D eigenvalue weighted by molar-refractivity contribution is -0.128. The first-order valence-electron chi connectivity index (χ1n) is 11.4. The van der Waals surface area contributed by atoms with Gasteiger partial charge in [0.25, 0.3) is 0 Å². The van der Waals surface area contributed by atoms with E-state index in [0.717, 1.165) is 64.5 Å². The molecule has 0 spiro atoms. The molecule has 2 fully saturated rings. The van der Waals surface area contributed by atoms with Crippen molar-refractivity contribution in [3.63, 3.8) is 0 Å². The quantitative estimate of drug-likeness (QED) is 0.743. The van der Waals surface area contributed by atoms with Gasteiger partial charge in [0.15, 0.2) is 0 Å². The Labute approximate surface area is 185 Å². The highest BCUT2D eigenvalue weighted by Crippen LogP contribution is 2.25. The van der Waals surface area contributed by atoms with Crippen molar-refractivity contribution in [2.24, 2.45) is 11.8 Å². The number of hydrogen-bond acceptors (Lipinski definition) is 5. The van der Waals surface area contributed by atoms with Crippen LogP contribution in [0.2, 0.25) is 0 Å². The predicted molar refractivity (Wildman–Crippen MR) is 121 cm³/mol. The molecule has 1 amide bonds. The summed E-state index contributed by atoms with van der Waals surface area (Å²) in [7, 11) is 0. The molecule has 166 valence electrons. The molecule has 3 heterocycles. The standard InChI is InChI=1S/C25H34N4O2/c1-20-2-4-21(5-3-20)15-27-25(30)24-14-23(17-28-10-12-31-13-11-28)18-29(19-24)16-22-6-8-26-9-7-22/h2-9,23-24H,10-19H2,1H3,(H,27,30)/t23-,24-/m1/s1. The second-order valence-corrected chi connectivity index (χ2v) is 8.96. The van der Waals surface area contributed by atoms with Gasteiger partial charge >= 0.3 is 0 Å². The van der Waals surface area contributed by atoms with Crippen molar-refractivity contribution in [2.45, 2.75) is 26.4 Å². The van der Waals surface area contributed by atoms with E-state index in [9.17, 15) is 4.79 Å². The molecule has 0 bridgehead atoms. The molecule has 1 N–H and O–H groups in total. The lowest BCUT2D eigenvalue weighted by Crippen LogP contribution is -2.49. The highest BCUT2D eigenvalue weighted by molar-refractivity contribution is 5.79. The molecule has 2 aliphatic rings. The Morgan fingerprint density at radius 3 is 2.52 bits per heavy atom. The van der Waals surface area contributed by atoms with Crippen LogP contribution in [0.3, 0.4) is 0 Å². The first-order chi connectivity index (χ1) is 15.2. The number of carbonyl (C=O) groups is 1. The molecule has 0 radical (unpaired) electrons. The highest BCUT2D eigenvalue weighted by atomic mass is 16.5. The molecular weight excluding hydrogens is 388 g/mol. The number of pyridine rings is 1. The zero-order valence-electron chi connectivity index (χ0n) is 18.5. The summed E-state index contributed by atoms with van der Waals surface area (Å²) in [5, 5.41) is 3.19. The summed E-state index contributed by atoms with van der Waals surface area (Å²) in [4.78, 5) is 22.2. The smallest absolute Gasteiger partial charge is 0.224 e. The third kappa shape index (κ3) is 6.60. The van der Waals surface area contributed by atoms with Crippen LogP contribution in [-0.4, -0.2) is 66.6 Å². The zero-order valence-corrected chi connectivity index (χ0v) is 18.5. The minimum absolute atomic E-state index is 0.0204. The molecule has 2 aliphatic heterocycles. The average molecular weight is 423 g/mol. The van der Waals surface area contributed by atoms with E-state index in [1.807, 2.05) is 12.4 Å². The molecule has 1 aromatic heterocycles. The summed E-state index contributed by atoms with van der Waals surface area (Å²) in [5.41, 5.74) is 3.63. The molecular formula is C25H34N4O2. The summed E-state index contributed by atoms with van der Waals surface area (Å²) in [6, 6.07) is 12.5. The number of aromatic nitrogens is 1. The molecule has 4 rings (SSSR count). The molecule has 0 aliphatic carbocycles. The first kappa shape index (κ1) is 21.9. The van der Waals surface area contributed by atoms with Gasteiger partial charge in [0.2, 0.25) is 5.91 Å². The van der Waals surface area contributed by atoms with Crippen LogP contribution in [0, 0.1) is 18.8 Å². The van der Waals surface area contributed by atoms with E-state index >= 15 is 0 Å². The SMILES string of the molecule is Cc1ccc(CNC(=O)[C@@H]2C[C@H](CN3CCOCC3)CN(Cc3ccncc3)C2)cc1. The highest BCUT2D eigenvalue weighted by Gasteiger charge is 2.32. The summed E-state index contributed by atoms with van der Waals surface area (Å²) >= 11 is 0. The largest absolute Gasteiger partial charge is 0.379 e. The van der Waals surface area contributed by atoms with Crippen LogP contribution >= 0.6 is 0 Å². The molecule has 1 aromatic carbocycles. The van der Waals surface area contributed by atoms with Crippen LogP contribution in [0.25, 0.3) is 0 Å². The molecule has 0 unspecified atom stereocenters. The maximum Gasteiger partial charge on any atom is 0.224 e. The summed E-state index contributed by atoms with van der Waals surface area (Å²) in [6.45, 7) is 10.0. The van der Waals surface area contributed by atoms with Crippen molar-refractivity contribution in [1.29, 1.82) is 0 Å². The second kappa shape index (κ2) is 10.8. The van der Waals surface area contributed by atoms with Gasteiger partial charge in [-0.2, -0.15) is 0 Å². The van der Waals surface area contributed by atoms with Crippen LogP contribution in [0.5, 0.6) is 0 Å². The van der Waals surface area contributed by atoms with Gasteiger partial charge in [-0.15, -0.1) is 0 Å². The van der Waals surface area contributed by atoms with E-state index in [-0.39, 0.29) is 11.8 Å². The van der Waals surface area contributed by atoms with Gasteiger partial charge in [-0.1, -0.05) is 29.8 Å². The summed E-state index contributed by atoms with van der Waals surface area (Å²) in [5.74, 6) is 0.683. The fraction of sp³-hybridized carbons (Fsp3) is 0.520. The van der Waals surface area contributed by atoms with E-state index in [4.69, 9.17) is 4.74 Å². The number of carbonyl (C=O) groups excluding carboxylic acids is 1. The number of ether oxygens (including phenoxy) is 1. The monoisotopic (exact) mass is 422 g/mol. The molecule has 6 nitrogen and oxygen atoms in total. The minimum atomic E-state index is 0.0204. The molecule has 2 aromatic rings. The number of amides is 1. The lowest BCUT2D eigenvalue weighted by atomic mass is 9.87. The Morgan fingerprint density at radius 1 is 1.03 bits per heavy atom. The number of morpholine rings is 1. The number of hydrogen-bond donors (Lipinski definition) is 1. The fourth-order valence-corrected chi connectivity index (χ4v) is 4.69. The minimum Gasteiger partial charge on any atom is -0.379 e.